The Labute approximate surface area is 135 Å². The van der Waals surface area contributed by atoms with Crippen molar-refractivity contribution in [2.24, 2.45) is 0 Å². The van der Waals surface area contributed by atoms with E-state index in [0.717, 1.165) is 38.4 Å². The van der Waals surface area contributed by atoms with Crippen LogP contribution >= 0.6 is 0 Å². The van der Waals surface area contributed by atoms with Gasteiger partial charge in [-0.25, -0.2) is 4.79 Å². The zero-order chi connectivity index (χ0) is 15.8. The summed E-state index contributed by atoms with van der Waals surface area (Å²) in [5.41, 5.74) is 2.34. The summed E-state index contributed by atoms with van der Waals surface area (Å²) in [6.07, 6.45) is 0.634. The first-order valence-electron chi connectivity index (χ1n) is 8.23. The summed E-state index contributed by atoms with van der Waals surface area (Å²) in [7, 11) is 0. The molecule has 3 aliphatic heterocycles. The molecule has 0 bridgehead atoms. The van der Waals surface area contributed by atoms with Crippen LogP contribution in [0.5, 0.6) is 0 Å². The molecule has 2 fully saturated rings. The van der Waals surface area contributed by atoms with E-state index in [2.05, 4.69) is 11.0 Å². The number of carbonyl (C=O) groups excluding carboxylic acids is 2. The molecule has 1 aromatic rings. The van der Waals surface area contributed by atoms with Crippen LogP contribution in [0.2, 0.25) is 0 Å². The average Bonchev–Trinajstić information content (AvgIpc) is 2.83. The molecule has 1 aromatic carbocycles. The number of hydrogen-bond donors (Lipinski definition) is 0. The number of rotatable bonds is 3. The highest BCUT2D eigenvalue weighted by molar-refractivity contribution is 6.04. The summed E-state index contributed by atoms with van der Waals surface area (Å²) in [5, 5.41) is 0. The Hall–Kier alpha value is -1.92. The molecule has 0 saturated carbocycles. The first-order valence-corrected chi connectivity index (χ1v) is 8.23. The third kappa shape index (κ3) is 2.62. The van der Waals surface area contributed by atoms with Crippen LogP contribution in [0, 0.1) is 0 Å². The number of hydrogen-bond acceptors (Lipinski definition) is 4. The van der Waals surface area contributed by atoms with E-state index in [0.29, 0.717) is 19.5 Å². The van der Waals surface area contributed by atoms with Crippen molar-refractivity contribution in [2.45, 2.75) is 19.0 Å². The molecule has 0 aromatic heterocycles. The lowest BCUT2D eigenvalue weighted by molar-refractivity contribution is -0.128. The van der Waals surface area contributed by atoms with E-state index in [1.165, 1.54) is 10.5 Å². The molecule has 2 saturated heterocycles. The molecule has 122 valence electrons. The van der Waals surface area contributed by atoms with Gasteiger partial charge in [-0.05, 0) is 11.1 Å². The second-order valence-corrected chi connectivity index (χ2v) is 6.34. The van der Waals surface area contributed by atoms with E-state index in [-0.39, 0.29) is 18.0 Å². The lowest BCUT2D eigenvalue weighted by Crippen LogP contribution is -2.43. The Bertz CT molecular complexity index is 584. The highest BCUT2D eigenvalue weighted by Crippen LogP contribution is 2.29. The van der Waals surface area contributed by atoms with Gasteiger partial charge < -0.3 is 9.64 Å². The maximum atomic E-state index is 12.7. The van der Waals surface area contributed by atoms with Crippen LogP contribution in [-0.2, 0) is 22.5 Å². The van der Waals surface area contributed by atoms with E-state index in [9.17, 15) is 9.59 Å². The van der Waals surface area contributed by atoms with Crippen molar-refractivity contribution in [3.8, 4) is 0 Å². The number of imide groups is 1. The third-order valence-corrected chi connectivity index (χ3v) is 5.02. The molecule has 0 aliphatic carbocycles. The number of morpholine rings is 1. The standard InChI is InChI=1S/C17H21N3O3/c21-16-15-11-13-3-1-2-4-14(13)12-20(15)17(22)19(16)6-5-18-7-9-23-10-8-18/h1-4,15H,5-12H2/t15-/m1/s1. The number of ether oxygens (including phenoxy) is 1. The Morgan fingerprint density at radius 1 is 1.04 bits per heavy atom. The Balaban J connectivity index is 1.45. The van der Waals surface area contributed by atoms with Gasteiger partial charge in [-0.3, -0.25) is 14.6 Å². The van der Waals surface area contributed by atoms with E-state index in [1.807, 2.05) is 18.2 Å². The Morgan fingerprint density at radius 2 is 1.78 bits per heavy atom. The van der Waals surface area contributed by atoms with Gasteiger partial charge in [0.15, 0.2) is 0 Å². The maximum absolute atomic E-state index is 12.7. The van der Waals surface area contributed by atoms with Gasteiger partial charge >= 0.3 is 6.03 Å². The first-order chi connectivity index (χ1) is 11.2. The monoisotopic (exact) mass is 315 g/mol. The van der Waals surface area contributed by atoms with Crippen LogP contribution in [0.4, 0.5) is 4.79 Å². The van der Waals surface area contributed by atoms with Crippen LogP contribution in [0.1, 0.15) is 11.1 Å². The number of fused-ring (bicyclic) bond motifs is 2. The van der Waals surface area contributed by atoms with Crippen molar-refractivity contribution < 1.29 is 14.3 Å². The van der Waals surface area contributed by atoms with Gasteiger partial charge in [0.05, 0.1) is 13.2 Å². The van der Waals surface area contributed by atoms with Gasteiger partial charge in [0.25, 0.3) is 5.91 Å². The summed E-state index contributed by atoms with van der Waals surface area (Å²) in [4.78, 5) is 30.7. The lowest BCUT2D eigenvalue weighted by Gasteiger charge is -2.29. The van der Waals surface area contributed by atoms with Crippen molar-refractivity contribution in [3.05, 3.63) is 35.4 Å². The molecular weight excluding hydrogens is 294 g/mol. The number of nitrogens with zero attached hydrogens (tertiary/aromatic N) is 3. The highest BCUT2D eigenvalue weighted by Gasteiger charge is 2.46. The Morgan fingerprint density at radius 3 is 2.57 bits per heavy atom. The predicted molar refractivity (Wildman–Crippen MR) is 83.8 cm³/mol. The van der Waals surface area contributed by atoms with E-state index in [4.69, 9.17) is 4.74 Å². The van der Waals surface area contributed by atoms with Gasteiger partial charge in [-0.2, -0.15) is 0 Å². The summed E-state index contributed by atoms with van der Waals surface area (Å²) in [6, 6.07) is 7.62. The molecule has 6 heteroatoms. The molecule has 0 spiro atoms. The van der Waals surface area contributed by atoms with Crippen LogP contribution in [0.15, 0.2) is 24.3 Å². The molecule has 3 amide bonds. The number of amides is 3. The van der Waals surface area contributed by atoms with Gasteiger partial charge in [0, 0.05) is 39.1 Å². The fraction of sp³-hybridized carbons (Fsp3) is 0.529. The normalized spacial score (nSPS) is 24.8. The van der Waals surface area contributed by atoms with Gasteiger partial charge in [-0.1, -0.05) is 24.3 Å². The number of urea groups is 1. The second-order valence-electron chi connectivity index (χ2n) is 6.34. The molecule has 3 heterocycles. The topological polar surface area (TPSA) is 53.1 Å². The van der Waals surface area contributed by atoms with E-state index >= 15 is 0 Å². The van der Waals surface area contributed by atoms with Crippen LogP contribution in [0.3, 0.4) is 0 Å². The average molecular weight is 315 g/mol. The summed E-state index contributed by atoms with van der Waals surface area (Å²) >= 11 is 0. The SMILES string of the molecule is O=C1[C@H]2Cc3ccccc3CN2C(=O)N1CCN1CCOCC1. The molecule has 4 rings (SSSR count). The molecule has 3 aliphatic rings. The van der Waals surface area contributed by atoms with Crippen molar-refractivity contribution >= 4 is 11.9 Å². The Kier molecular flexibility index (Phi) is 3.79. The molecule has 0 radical (unpaired) electrons. The minimum absolute atomic E-state index is 0.0437. The predicted octanol–water partition coefficient (Wildman–Crippen LogP) is 0.708. The first kappa shape index (κ1) is 14.7. The van der Waals surface area contributed by atoms with Crippen molar-refractivity contribution in [2.75, 3.05) is 39.4 Å². The summed E-state index contributed by atoms with van der Waals surface area (Å²) in [6.45, 7) is 4.94. The second kappa shape index (κ2) is 5.94. The van der Waals surface area contributed by atoms with Crippen molar-refractivity contribution in [1.82, 2.24) is 14.7 Å². The van der Waals surface area contributed by atoms with E-state index in [1.54, 1.807) is 4.90 Å². The minimum Gasteiger partial charge on any atom is -0.379 e. The fourth-order valence-corrected chi connectivity index (χ4v) is 3.65. The smallest absolute Gasteiger partial charge is 0.327 e. The zero-order valence-corrected chi connectivity index (χ0v) is 13.1. The summed E-state index contributed by atoms with van der Waals surface area (Å²) in [5.74, 6) is -0.0437. The molecule has 6 nitrogen and oxygen atoms in total. The fourth-order valence-electron chi connectivity index (χ4n) is 3.65. The minimum atomic E-state index is -0.318. The molecule has 0 N–H and O–H groups in total. The van der Waals surface area contributed by atoms with Gasteiger partial charge in [0.2, 0.25) is 0 Å². The maximum Gasteiger partial charge on any atom is 0.327 e. The van der Waals surface area contributed by atoms with Crippen LogP contribution in [-0.4, -0.2) is 72.1 Å². The van der Waals surface area contributed by atoms with Gasteiger partial charge in [-0.15, -0.1) is 0 Å². The zero-order valence-electron chi connectivity index (χ0n) is 13.1. The molecule has 23 heavy (non-hydrogen) atoms. The summed E-state index contributed by atoms with van der Waals surface area (Å²) < 4.78 is 5.33. The van der Waals surface area contributed by atoms with Crippen LogP contribution < -0.4 is 0 Å². The third-order valence-electron chi connectivity index (χ3n) is 5.02. The number of carbonyl (C=O) groups is 2. The van der Waals surface area contributed by atoms with Gasteiger partial charge in [0.1, 0.15) is 6.04 Å². The molecule has 0 unspecified atom stereocenters. The molecular formula is C17H21N3O3. The number of benzene rings is 1. The van der Waals surface area contributed by atoms with E-state index < -0.39 is 0 Å². The van der Waals surface area contributed by atoms with Crippen LogP contribution in [0.25, 0.3) is 0 Å². The van der Waals surface area contributed by atoms with Crippen molar-refractivity contribution in [3.63, 3.8) is 0 Å². The van der Waals surface area contributed by atoms with Crippen molar-refractivity contribution in [1.29, 1.82) is 0 Å². The highest BCUT2D eigenvalue weighted by atomic mass is 16.5. The molecule has 1 atom stereocenters. The largest absolute Gasteiger partial charge is 0.379 e. The quantitative estimate of drug-likeness (QED) is 0.771. The lowest BCUT2D eigenvalue weighted by atomic mass is 9.95.